The molecule has 3 rings (SSSR count). The van der Waals surface area contributed by atoms with E-state index >= 15 is 0 Å². The second-order valence-electron chi connectivity index (χ2n) is 6.66. The lowest BCUT2D eigenvalue weighted by molar-refractivity contribution is 0.0942. The normalized spacial score (nSPS) is 11.5. The Bertz CT molecular complexity index is 915. The van der Waals surface area contributed by atoms with Crippen molar-refractivity contribution in [3.05, 3.63) is 65.6 Å². The van der Waals surface area contributed by atoms with Crippen molar-refractivity contribution in [2.75, 3.05) is 13.7 Å². The van der Waals surface area contributed by atoms with Crippen LogP contribution in [0.15, 0.2) is 48.7 Å². The quantitative estimate of drug-likeness (QED) is 0.737. The number of aromatic amines is 1. The van der Waals surface area contributed by atoms with Crippen LogP contribution in [-0.4, -0.2) is 24.5 Å². The predicted octanol–water partition coefficient (Wildman–Crippen LogP) is 4.02. The minimum Gasteiger partial charge on any atom is -0.496 e. The van der Waals surface area contributed by atoms with Crippen molar-refractivity contribution in [2.45, 2.75) is 19.3 Å². The van der Waals surface area contributed by atoms with E-state index in [0.29, 0.717) is 17.9 Å². The number of halogens is 1. The highest BCUT2D eigenvalue weighted by atomic mass is 19.1. The van der Waals surface area contributed by atoms with Gasteiger partial charge in [0.2, 0.25) is 0 Å². The van der Waals surface area contributed by atoms with Gasteiger partial charge < -0.3 is 15.0 Å². The number of methoxy groups -OCH3 is 1. The SMILES string of the molecule is COc1ccccc1C(=O)NCC(C)(C)c1c[nH]c2ccc(F)cc12. The summed E-state index contributed by atoms with van der Waals surface area (Å²) < 4.78 is 18.8. The number of rotatable bonds is 5. The van der Waals surface area contributed by atoms with Crippen LogP contribution in [0.3, 0.4) is 0 Å². The van der Waals surface area contributed by atoms with Gasteiger partial charge >= 0.3 is 0 Å². The van der Waals surface area contributed by atoms with Crippen LogP contribution in [0.2, 0.25) is 0 Å². The van der Waals surface area contributed by atoms with Crippen LogP contribution >= 0.6 is 0 Å². The second-order valence-corrected chi connectivity index (χ2v) is 6.66. The number of para-hydroxylation sites is 1. The smallest absolute Gasteiger partial charge is 0.255 e. The van der Waals surface area contributed by atoms with Crippen molar-refractivity contribution in [1.29, 1.82) is 0 Å². The molecule has 0 spiro atoms. The number of hydrogen-bond donors (Lipinski definition) is 2. The first-order valence-corrected chi connectivity index (χ1v) is 8.11. The first-order valence-electron chi connectivity index (χ1n) is 8.11. The molecule has 3 aromatic rings. The van der Waals surface area contributed by atoms with E-state index in [2.05, 4.69) is 10.3 Å². The van der Waals surface area contributed by atoms with Crippen molar-refractivity contribution in [2.24, 2.45) is 0 Å². The van der Waals surface area contributed by atoms with Gasteiger partial charge in [0.15, 0.2) is 0 Å². The summed E-state index contributed by atoms with van der Waals surface area (Å²) in [7, 11) is 1.54. The number of carbonyl (C=O) groups excluding carboxylic acids is 1. The lowest BCUT2D eigenvalue weighted by Crippen LogP contribution is -2.36. The molecule has 0 atom stereocenters. The van der Waals surface area contributed by atoms with Gasteiger partial charge in [-0.1, -0.05) is 26.0 Å². The predicted molar refractivity (Wildman–Crippen MR) is 96.6 cm³/mol. The highest BCUT2D eigenvalue weighted by molar-refractivity contribution is 5.97. The van der Waals surface area contributed by atoms with Crippen LogP contribution in [0.5, 0.6) is 5.75 Å². The van der Waals surface area contributed by atoms with Crippen molar-refractivity contribution >= 4 is 16.8 Å². The van der Waals surface area contributed by atoms with Gasteiger partial charge in [-0.25, -0.2) is 4.39 Å². The Morgan fingerprint density at radius 2 is 2.00 bits per heavy atom. The monoisotopic (exact) mass is 340 g/mol. The van der Waals surface area contributed by atoms with E-state index in [1.165, 1.54) is 19.2 Å². The molecule has 0 saturated heterocycles. The van der Waals surface area contributed by atoms with E-state index in [4.69, 9.17) is 4.74 Å². The van der Waals surface area contributed by atoms with Crippen molar-refractivity contribution in [3.8, 4) is 5.75 Å². The van der Waals surface area contributed by atoms with Gasteiger partial charge in [0, 0.05) is 29.1 Å². The van der Waals surface area contributed by atoms with E-state index < -0.39 is 0 Å². The summed E-state index contributed by atoms with van der Waals surface area (Å²) in [6.45, 7) is 4.44. The van der Waals surface area contributed by atoms with Gasteiger partial charge in [-0.05, 0) is 35.9 Å². The van der Waals surface area contributed by atoms with E-state index in [-0.39, 0.29) is 17.1 Å². The molecular formula is C20H21FN2O2. The third-order valence-corrected chi connectivity index (χ3v) is 4.42. The topological polar surface area (TPSA) is 54.1 Å². The number of fused-ring (bicyclic) bond motifs is 1. The molecule has 0 aliphatic heterocycles. The van der Waals surface area contributed by atoms with Crippen LogP contribution < -0.4 is 10.1 Å². The highest BCUT2D eigenvalue weighted by Crippen LogP contribution is 2.30. The Morgan fingerprint density at radius 3 is 2.76 bits per heavy atom. The minimum atomic E-state index is -0.371. The summed E-state index contributed by atoms with van der Waals surface area (Å²) in [5, 5.41) is 3.79. The molecule has 1 amide bonds. The van der Waals surface area contributed by atoms with Crippen LogP contribution in [0.4, 0.5) is 4.39 Å². The van der Waals surface area contributed by atoms with Crippen molar-refractivity contribution in [3.63, 3.8) is 0 Å². The Balaban J connectivity index is 1.81. The standard InChI is InChI=1S/C20H21FN2O2/c1-20(2,16-11-22-17-9-8-13(21)10-15(16)17)12-23-19(24)14-6-4-5-7-18(14)25-3/h4-11,22H,12H2,1-3H3,(H,23,24). The van der Waals surface area contributed by atoms with Crippen LogP contribution in [-0.2, 0) is 5.41 Å². The Morgan fingerprint density at radius 1 is 1.24 bits per heavy atom. The number of ether oxygens (including phenoxy) is 1. The zero-order valence-electron chi connectivity index (χ0n) is 14.5. The molecule has 0 unspecified atom stereocenters. The molecule has 2 N–H and O–H groups in total. The molecule has 0 aliphatic rings. The van der Waals surface area contributed by atoms with Crippen LogP contribution in [0.1, 0.15) is 29.8 Å². The van der Waals surface area contributed by atoms with Gasteiger partial charge in [0.1, 0.15) is 11.6 Å². The van der Waals surface area contributed by atoms with Gasteiger partial charge in [0.25, 0.3) is 5.91 Å². The number of carbonyl (C=O) groups is 1. The summed E-state index contributed by atoms with van der Waals surface area (Å²) in [5.74, 6) is 0.0609. The van der Waals surface area contributed by atoms with Crippen LogP contribution in [0.25, 0.3) is 10.9 Å². The van der Waals surface area contributed by atoms with Crippen LogP contribution in [0, 0.1) is 5.82 Å². The first kappa shape index (κ1) is 17.0. The van der Waals surface area contributed by atoms with E-state index in [9.17, 15) is 9.18 Å². The molecule has 5 heteroatoms. The number of hydrogen-bond acceptors (Lipinski definition) is 2. The fraction of sp³-hybridized carbons (Fsp3) is 0.250. The third-order valence-electron chi connectivity index (χ3n) is 4.42. The number of aromatic nitrogens is 1. The molecule has 1 aromatic heterocycles. The number of benzene rings is 2. The van der Waals surface area contributed by atoms with E-state index in [0.717, 1.165) is 16.5 Å². The summed E-state index contributed by atoms with van der Waals surface area (Å²) in [6, 6.07) is 11.8. The molecule has 130 valence electrons. The molecule has 1 heterocycles. The fourth-order valence-electron chi connectivity index (χ4n) is 2.98. The molecule has 0 aliphatic carbocycles. The molecule has 0 fully saturated rings. The van der Waals surface area contributed by atoms with Gasteiger partial charge in [0.05, 0.1) is 12.7 Å². The minimum absolute atomic E-state index is 0.198. The van der Waals surface area contributed by atoms with E-state index in [1.54, 1.807) is 24.3 Å². The lowest BCUT2D eigenvalue weighted by Gasteiger charge is -2.25. The Kier molecular flexibility index (Phi) is 4.49. The average molecular weight is 340 g/mol. The maximum Gasteiger partial charge on any atom is 0.255 e. The fourth-order valence-corrected chi connectivity index (χ4v) is 2.98. The van der Waals surface area contributed by atoms with E-state index in [1.807, 2.05) is 26.1 Å². The maximum atomic E-state index is 13.6. The Hall–Kier alpha value is -2.82. The largest absolute Gasteiger partial charge is 0.496 e. The zero-order chi connectivity index (χ0) is 18.0. The molecule has 25 heavy (non-hydrogen) atoms. The maximum absolute atomic E-state index is 13.6. The number of amides is 1. The average Bonchev–Trinajstić information content (AvgIpc) is 3.03. The summed E-state index contributed by atoms with van der Waals surface area (Å²) in [6.07, 6.45) is 1.87. The van der Waals surface area contributed by atoms with Gasteiger partial charge in [-0.15, -0.1) is 0 Å². The molecule has 0 bridgehead atoms. The Labute approximate surface area is 146 Å². The molecule has 4 nitrogen and oxygen atoms in total. The molecule has 0 radical (unpaired) electrons. The number of nitrogens with one attached hydrogen (secondary N) is 2. The first-order chi connectivity index (χ1) is 11.9. The lowest BCUT2D eigenvalue weighted by atomic mass is 9.84. The molecule has 2 aromatic carbocycles. The van der Waals surface area contributed by atoms with Gasteiger partial charge in [-0.2, -0.15) is 0 Å². The summed E-state index contributed by atoms with van der Waals surface area (Å²) in [4.78, 5) is 15.7. The highest BCUT2D eigenvalue weighted by Gasteiger charge is 2.25. The summed E-state index contributed by atoms with van der Waals surface area (Å²) >= 11 is 0. The van der Waals surface area contributed by atoms with Crippen molar-refractivity contribution < 1.29 is 13.9 Å². The van der Waals surface area contributed by atoms with Crippen molar-refractivity contribution in [1.82, 2.24) is 10.3 Å². The second kappa shape index (κ2) is 6.59. The van der Waals surface area contributed by atoms with Gasteiger partial charge in [-0.3, -0.25) is 4.79 Å². The molecular weight excluding hydrogens is 319 g/mol. The molecule has 0 saturated carbocycles. The summed E-state index contributed by atoms with van der Waals surface area (Å²) in [5.41, 5.74) is 1.96. The number of H-pyrrole nitrogens is 1. The zero-order valence-corrected chi connectivity index (χ0v) is 14.5. The third kappa shape index (κ3) is 3.36.